The highest BCUT2D eigenvalue weighted by Gasteiger charge is 2.23. The lowest BCUT2D eigenvalue weighted by molar-refractivity contribution is 0.305. The van der Waals surface area contributed by atoms with Crippen LogP contribution in [0.3, 0.4) is 0 Å². The summed E-state index contributed by atoms with van der Waals surface area (Å²) in [5.41, 5.74) is 8.44. The fourth-order valence-corrected chi connectivity index (χ4v) is 2.85. The molecule has 1 aliphatic carbocycles. The quantitative estimate of drug-likeness (QED) is 0.922. The van der Waals surface area contributed by atoms with Gasteiger partial charge in [0.05, 0.1) is 29.7 Å². The molecule has 3 rings (SSSR count). The van der Waals surface area contributed by atoms with E-state index in [1.54, 1.807) is 16.8 Å². The van der Waals surface area contributed by atoms with Crippen molar-refractivity contribution < 1.29 is 0 Å². The molecule has 0 aliphatic heterocycles. The van der Waals surface area contributed by atoms with Gasteiger partial charge in [-0.25, -0.2) is 9.50 Å². The highest BCUT2D eigenvalue weighted by Crippen LogP contribution is 2.32. The molecule has 6 heteroatoms. The van der Waals surface area contributed by atoms with Crippen molar-refractivity contribution in [2.45, 2.75) is 38.1 Å². The Labute approximate surface area is 124 Å². The van der Waals surface area contributed by atoms with Crippen LogP contribution in [-0.2, 0) is 0 Å². The Kier molecular flexibility index (Phi) is 4.58. The Bertz CT molecular complexity index is 624. The molecule has 2 aromatic rings. The summed E-state index contributed by atoms with van der Waals surface area (Å²) in [6.07, 6.45) is 9.66. The summed E-state index contributed by atoms with van der Waals surface area (Å²) >= 11 is 0. The topological polar surface area (TPSA) is 80.0 Å². The zero-order valence-electron chi connectivity index (χ0n) is 11.2. The van der Waals surface area contributed by atoms with E-state index >= 15 is 0 Å². The first kappa shape index (κ1) is 14.8. The molecule has 2 heterocycles. The van der Waals surface area contributed by atoms with Crippen molar-refractivity contribution in [1.29, 1.82) is 5.26 Å². The first-order valence-electron chi connectivity index (χ1n) is 6.79. The third kappa shape index (κ3) is 2.77. The highest BCUT2D eigenvalue weighted by molar-refractivity contribution is 5.85. The van der Waals surface area contributed by atoms with Crippen molar-refractivity contribution in [3.8, 4) is 6.07 Å². The van der Waals surface area contributed by atoms with Gasteiger partial charge in [-0.15, -0.1) is 12.4 Å². The van der Waals surface area contributed by atoms with Gasteiger partial charge in [-0.3, -0.25) is 0 Å². The number of aromatic nitrogens is 3. The van der Waals surface area contributed by atoms with Crippen LogP contribution in [0, 0.1) is 17.2 Å². The smallest absolute Gasteiger partial charge is 0.155 e. The van der Waals surface area contributed by atoms with Crippen LogP contribution in [0.25, 0.3) is 5.65 Å². The van der Waals surface area contributed by atoms with Crippen LogP contribution in [0.1, 0.15) is 49.4 Å². The van der Waals surface area contributed by atoms with Crippen LogP contribution in [0.15, 0.2) is 18.5 Å². The van der Waals surface area contributed by atoms with Crippen LogP contribution in [0.4, 0.5) is 0 Å². The number of fused-ring (bicyclic) bond motifs is 1. The third-order valence-electron chi connectivity index (χ3n) is 3.97. The molecule has 1 fully saturated rings. The average molecular weight is 292 g/mol. The van der Waals surface area contributed by atoms with Gasteiger partial charge in [0, 0.05) is 6.07 Å². The van der Waals surface area contributed by atoms with Crippen LogP contribution in [0.2, 0.25) is 0 Å². The average Bonchev–Trinajstić information content (AvgIpc) is 2.90. The minimum absolute atomic E-state index is 0. The molecule has 0 spiro atoms. The Morgan fingerprint density at radius 1 is 1.35 bits per heavy atom. The van der Waals surface area contributed by atoms with E-state index in [2.05, 4.69) is 16.2 Å². The zero-order chi connectivity index (χ0) is 13.2. The predicted molar refractivity (Wildman–Crippen MR) is 78.5 cm³/mol. The number of hydrogen-bond donors (Lipinski definition) is 1. The molecule has 20 heavy (non-hydrogen) atoms. The van der Waals surface area contributed by atoms with E-state index in [1.807, 2.05) is 6.20 Å². The monoisotopic (exact) mass is 291 g/mol. The lowest BCUT2D eigenvalue weighted by Crippen LogP contribution is -2.23. The maximum absolute atomic E-state index is 8.87. The third-order valence-corrected chi connectivity index (χ3v) is 3.97. The molecule has 0 aromatic carbocycles. The van der Waals surface area contributed by atoms with Gasteiger partial charge in [0.25, 0.3) is 0 Å². The minimum atomic E-state index is -0.0208. The summed E-state index contributed by atoms with van der Waals surface area (Å²) in [6.45, 7) is 0. The Balaban J connectivity index is 0.00000147. The van der Waals surface area contributed by atoms with Crippen LogP contribution < -0.4 is 5.73 Å². The van der Waals surface area contributed by atoms with E-state index in [9.17, 15) is 0 Å². The second-order valence-electron chi connectivity index (χ2n) is 5.25. The van der Waals surface area contributed by atoms with Crippen LogP contribution >= 0.6 is 12.4 Å². The van der Waals surface area contributed by atoms with Gasteiger partial charge in [0.2, 0.25) is 0 Å². The molecule has 1 aliphatic rings. The summed E-state index contributed by atoms with van der Waals surface area (Å²) in [6, 6.07) is 3.79. The molecule has 0 amide bonds. The molecule has 2 aromatic heterocycles. The standard InChI is InChI=1S/C14H17N5.ClH/c15-7-10-6-13-18-12(9-19(13)17-8-10)14(16)11-4-2-1-3-5-11;/h6,8-9,11,14H,1-5,16H2;1H/t14-;/m0./s1. The summed E-state index contributed by atoms with van der Waals surface area (Å²) in [4.78, 5) is 4.52. The van der Waals surface area contributed by atoms with E-state index in [0.717, 1.165) is 5.69 Å². The van der Waals surface area contributed by atoms with Crippen molar-refractivity contribution in [3.63, 3.8) is 0 Å². The van der Waals surface area contributed by atoms with Gasteiger partial charge < -0.3 is 5.73 Å². The number of rotatable bonds is 2. The molecule has 0 radical (unpaired) electrons. The van der Waals surface area contributed by atoms with Gasteiger partial charge in [-0.1, -0.05) is 19.3 Å². The first-order valence-corrected chi connectivity index (χ1v) is 6.79. The van der Waals surface area contributed by atoms with E-state index in [-0.39, 0.29) is 18.4 Å². The van der Waals surface area contributed by atoms with Crippen molar-refractivity contribution in [1.82, 2.24) is 14.6 Å². The number of nitrogens with two attached hydrogens (primary N) is 1. The van der Waals surface area contributed by atoms with Crippen molar-refractivity contribution in [2.24, 2.45) is 11.7 Å². The predicted octanol–water partition coefficient (Wildman–Crippen LogP) is 2.60. The number of nitrogens with zero attached hydrogens (tertiary/aromatic N) is 4. The second kappa shape index (κ2) is 6.21. The lowest BCUT2D eigenvalue weighted by atomic mass is 9.83. The molecule has 0 bridgehead atoms. The largest absolute Gasteiger partial charge is 0.322 e. The Morgan fingerprint density at radius 2 is 2.10 bits per heavy atom. The number of imidazole rings is 1. The van der Waals surface area contributed by atoms with Gasteiger partial charge in [-0.05, 0) is 18.8 Å². The Morgan fingerprint density at radius 3 is 2.80 bits per heavy atom. The Hall–Kier alpha value is -1.64. The highest BCUT2D eigenvalue weighted by atomic mass is 35.5. The lowest BCUT2D eigenvalue weighted by Gasteiger charge is -2.26. The molecule has 0 unspecified atom stereocenters. The number of halogens is 1. The van der Waals surface area contributed by atoms with E-state index in [1.165, 1.54) is 32.1 Å². The molecule has 1 atom stereocenters. The minimum Gasteiger partial charge on any atom is -0.322 e. The number of nitriles is 1. The molecular weight excluding hydrogens is 274 g/mol. The fourth-order valence-electron chi connectivity index (χ4n) is 2.85. The van der Waals surface area contributed by atoms with Crippen LogP contribution in [-0.4, -0.2) is 14.6 Å². The van der Waals surface area contributed by atoms with E-state index in [4.69, 9.17) is 11.0 Å². The van der Waals surface area contributed by atoms with Crippen molar-refractivity contribution >= 4 is 18.1 Å². The summed E-state index contributed by atoms with van der Waals surface area (Å²) in [5, 5.41) is 13.0. The van der Waals surface area contributed by atoms with E-state index < -0.39 is 0 Å². The zero-order valence-corrected chi connectivity index (χ0v) is 12.0. The molecule has 106 valence electrons. The maximum Gasteiger partial charge on any atom is 0.155 e. The molecule has 1 saturated carbocycles. The molecule has 5 nitrogen and oxygen atoms in total. The van der Waals surface area contributed by atoms with E-state index in [0.29, 0.717) is 17.1 Å². The van der Waals surface area contributed by atoms with Crippen molar-refractivity contribution in [3.05, 3.63) is 29.7 Å². The first-order chi connectivity index (χ1) is 9.28. The fraction of sp³-hybridized carbons (Fsp3) is 0.500. The van der Waals surface area contributed by atoms with Gasteiger partial charge in [-0.2, -0.15) is 10.4 Å². The van der Waals surface area contributed by atoms with Gasteiger partial charge in [0.1, 0.15) is 6.07 Å². The molecule has 0 saturated heterocycles. The second-order valence-corrected chi connectivity index (χ2v) is 5.25. The molecule has 2 N–H and O–H groups in total. The van der Waals surface area contributed by atoms with Crippen LogP contribution in [0.5, 0.6) is 0 Å². The molecular formula is C14H18ClN5. The van der Waals surface area contributed by atoms with Gasteiger partial charge in [0.15, 0.2) is 5.65 Å². The maximum atomic E-state index is 8.87. The van der Waals surface area contributed by atoms with Crippen molar-refractivity contribution in [2.75, 3.05) is 0 Å². The SMILES string of the molecule is Cl.N#Cc1cnn2cc([C@@H](N)C3CCCCC3)nc2c1. The van der Waals surface area contributed by atoms with Gasteiger partial charge >= 0.3 is 0 Å². The number of hydrogen-bond acceptors (Lipinski definition) is 4. The summed E-state index contributed by atoms with van der Waals surface area (Å²) in [5.74, 6) is 0.522. The summed E-state index contributed by atoms with van der Waals surface area (Å²) in [7, 11) is 0. The summed E-state index contributed by atoms with van der Waals surface area (Å²) < 4.78 is 1.69. The normalized spacial score (nSPS) is 17.4.